The van der Waals surface area contributed by atoms with Gasteiger partial charge in [-0.05, 0) is 12.3 Å². The maximum atomic E-state index is 13.4. The minimum Gasteiger partial charge on any atom is -0.368 e. The van der Waals surface area contributed by atoms with Crippen LogP contribution in [0.25, 0.3) is 0 Å². The molecule has 0 radical (unpaired) electrons. The molecule has 1 aromatic rings. The minimum absolute atomic E-state index is 0.0221. The summed E-state index contributed by atoms with van der Waals surface area (Å²) in [5, 5.41) is 2.84. The van der Waals surface area contributed by atoms with Gasteiger partial charge in [-0.1, -0.05) is 26.7 Å². The molecule has 0 saturated carbocycles. The minimum atomic E-state index is -0.805. The Hall–Kier alpha value is -1.43. The van der Waals surface area contributed by atoms with Crippen molar-refractivity contribution in [1.29, 1.82) is 0 Å². The number of nitrogens with zero attached hydrogens (tertiary/aromatic N) is 1. The zero-order valence-electron chi connectivity index (χ0n) is 10.8. The molecule has 0 aliphatic heterocycles. The second kappa shape index (κ2) is 7.10. The van der Waals surface area contributed by atoms with Gasteiger partial charge in [0.25, 0.3) is 0 Å². The second-order valence-electron chi connectivity index (χ2n) is 4.61. The van der Waals surface area contributed by atoms with Gasteiger partial charge in [0.15, 0.2) is 23.3 Å². The molecular formula is C12H20F2N4. The molecule has 4 nitrogen and oxygen atoms in total. The van der Waals surface area contributed by atoms with Crippen LogP contribution in [0.15, 0.2) is 6.07 Å². The van der Waals surface area contributed by atoms with E-state index in [1.165, 1.54) is 0 Å². The van der Waals surface area contributed by atoms with E-state index in [0.29, 0.717) is 12.5 Å². The maximum Gasteiger partial charge on any atom is 0.178 e. The summed E-state index contributed by atoms with van der Waals surface area (Å²) in [6, 6.07) is 0.763. The van der Waals surface area contributed by atoms with E-state index in [9.17, 15) is 8.78 Å². The van der Waals surface area contributed by atoms with Gasteiger partial charge in [0.2, 0.25) is 0 Å². The Balaban J connectivity index is 2.47. The van der Waals surface area contributed by atoms with Crippen molar-refractivity contribution >= 4 is 11.6 Å². The van der Waals surface area contributed by atoms with Crippen LogP contribution in [0.2, 0.25) is 0 Å². The SMILES string of the molecule is CC(C)CCCCNc1nc(NN)c(F)cc1F. The highest BCUT2D eigenvalue weighted by Crippen LogP contribution is 2.18. The molecule has 0 atom stereocenters. The smallest absolute Gasteiger partial charge is 0.178 e. The van der Waals surface area contributed by atoms with Gasteiger partial charge in [0, 0.05) is 12.6 Å². The maximum absolute atomic E-state index is 13.4. The van der Waals surface area contributed by atoms with E-state index in [-0.39, 0.29) is 11.6 Å². The Morgan fingerprint density at radius 2 is 1.89 bits per heavy atom. The number of rotatable bonds is 7. The molecule has 0 spiro atoms. The first-order valence-electron chi connectivity index (χ1n) is 6.11. The van der Waals surface area contributed by atoms with Crippen molar-refractivity contribution in [2.45, 2.75) is 33.1 Å². The van der Waals surface area contributed by atoms with Gasteiger partial charge in [-0.3, -0.25) is 0 Å². The van der Waals surface area contributed by atoms with Gasteiger partial charge < -0.3 is 10.7 Å². The van der Waals surface area contributed by atoms with Crippen LogP contribution in [0, 0.1) is 17.6 Å². The van der Waals surface area contributed by atoms with Crippen LogP contribution in [0.1, 0.15) is 33.1 Å². The van der Waals surface area contributed by atoms with Crippen molar-refractivity contribution in [1.82, 2.24) is 4.98 Å². The number of unbranched alkanes of at least 4 members (excludes halogenated alkanes) is 1. The largest absolute Gasteiger partial charge is 0.368 e. The summed E-state index contributed by atoms with van der Waals surface area (Å²) in [7, 11) is 0. The topological polar surface area (TPSA) is 63.0 Å². The number of halogens is 2. The number of nitrogen functional groups attached to an aromatic ring is 1. The fourth-order valence-electron chi connectivity index (χ4n) is 1.58. The molecule has 102 valence electrons. The highest BCUT2D eigenvalue weighted by molar-refractivity contribution is 5.46. The van der Waals surface area contributed by atoms with Crippen LogP contribution in [0.3, 0.4) is 0 Å². The van der Waals surface area contributed by atoms with Crippen molar-refractivity contribution < 1.29 is 8.78 Å². The molecule has 0 aromatic carbocycles. The number of hydrogen-bond donors (Lipinski definition) is 3. The number of pyridine rings is 1. The summed E-state index contributed by atoms with van der Waals surface area (Å²) >= 11 is 0. The quantitative estimate of drug-likeness (QED) is 0.400. The van der Waals surface area contributed by atoms with E-state index < -0.39 is 11.6 Å². The Labute approximate surface area is 106 Å². The Morgan fingerprint density at radius 3 is 2.50 bits per heavy atom. The zero-order chi connectivity index (χ0) is 13.5. The summed E-state index contributed by atoms with van der Waals surface area (Å²) in [6.07, 6.45) is 3.12. The van der Waals surface area contributed by atoms with Gasteiger partial charge in [-0.25, -0.2) is 19.6 Å². The molecular weight excluding hydrogens is 238 g/mol. The van der Waals surface area contributed by atoms with E-state index in [4.69, 9.17) is 5.84 Å². The van der Waals surface area contributed by atoms with Crippen LogP contribution in [-0.4, -0.2) is 11.5 Å². The third-order valence-electron chi connectivity index (χ3n) is 2.57. The summed E-state index contributed by atoms with van der Waals surface area (Å²) < 4.78 is 26.5. The van der Waals surface area contributed by atoms with E-state index in [1.54, 1.807) is 0 Å². The monoisotopic (exact) mass is 258 g/mol. The Kier molecular flexibility index (Phi) is 5.77. The van der Waals surface area contributed by atoms with Gasteiger partial charge in [-0.15, -0.1) is 0 Å². The predicted molar refractivity (Wildman–Crippen MR) is 69.1 cm³/mol. The normalized spacial score (nSPS) is 10.8. The van der Waals surface area contributed by atoms with Gasteiger partial charge in [-0.2, -0.15) is 0 Å². The number of nitrogens with two attached hydrogens (primary N) is 1. The molecule has 0 unspecified atom stereocenters. The first-order valence-corrected chi connectivity index (χ1v) is 6.11. The summed E-state index contributed by atoms with van der Waals surface area (Å²) in [6.45, 7) is 4.92. The predicted octanol–water partition coefficient (Wildman–Crippen LogP) is 2.88. The number of hydrazine groups is 1. The highest BCUT2D eigenvalue weighted by Gasteiger charge is 2.10. The number of hydrogen-bond acceptors (Lipinski definition) is 4. The van der Waals surface area contributed by atoms with Crippen LogP contribution in [0.5, 0.6) is 0 Å². The van der Waals surface area contributed by atoms with E-state index in [0.717, 1.165) is 25.3 Å². The molecule has 18 heavy (non-hydrogen) atoms. The van der Waals surface area contributed by atoms with Crippen molar-refractivity contribution in [3.63, 3.8) is 0 Å². The fourth-order valence-corrected chi connectivity index (χ4v) is 1.58. The first-order chi connectivity index (χ1) is 8.54. The molecule has 0 saturated heterocycles. The van der Waals surface area contributed by atoms with Crippen LogP contribution >= 0.6 is 0 Å². The summed E-state index contributed by atoms with van der Waals surface area (Å²) in [4.78, 5) is 3.73. The lowest BCUT2D eigenvalue weighted by atomic mass is 10.1. The molecule has 0 aliphatic carbocycles. The first kappa shape index (κ1) is 14.6. The lowest BCUT2D eigenvalue weighted by molar-refractivity contribution is 0.543. The number of anilines is 2. The van der Waals surface area contributed by atoms with Crippen molar-refractivity contribution in [3.8, 4) is 0 Å². The number of aromatic nitrogens is 1. The molecule has 0 fully saturated rings. The molecule has 4 N–H and O–H groups in total. The standard InChI is InChI=1S/C12H20F2N4/c1-8(2)5-3-4-6-16-11-9(13)7-10(14)12(17-11)18-15/h7-8H,3-6,15H2,1-2H3,(H2,16,17,18). The third-order valence-corrected chi connectivity index (χ3v) is 2.57. The lowest BCUT2D eigenvalue weighted by Crippen LogP contribution is -2.13. The lowest BCUT2D eigenvalue weighted by Gasteiger charge is -2.09. The van der Waals surface area contributed by atoms with Crippen molar-refractivity contribution in [2.75, 3.05) is 17.3 Å². The summed E-state index contributed by atoms with van der Waals surface area (Å²) in [5.74, 6) is 4.08. The molecule has 1 heterocycles. The van der Waals surface area contributed by atoms with Gasteiger partial charge in [0.05, 0.1) is 0 Å². The average Bonchev–Trinajstić information content (AvgIpc) is 2.30. The summed E-state index contributed by atoms with van der Waals surface area (Å²) in [5.41, 5.74) is 2.09. The van der Waals surface area contributed by atoms with Crippen molar-refractivity contribution in [3.05, 3.63) is 17.7 Å². The van der Waals surface area contributed by atoms with E-state index in [2.05, 4.69) is 29.6 Å². The molecule has 6 heteroatoms. The molecule has 0 aliphatic rings. The Morgan fingerprint density at radius 1 is 1.22 bits per heavy atom. The Bertz CT molecular complexity index is 383. The van der Waals surface area contributed by atoms with Crippen LogP contribution in [0.4, 0.5) is 20.4 Å². The molecule has 1 rings (SSSR count). The highest BCUT2D eigenvalue weighted by atomic mass is 19.1. The third kappa shape index (κ3) is 4.44. The molecule has 0 amide bonds. The van der Waals surface area contributed by atoms with Gasteiger partial charge >= 0.3 is 0 Å². The van der Waals surface area contributed by atoms with Crippen LogP contribution < -0.4 is 16.6 Å². The molecule has 0 bridgehead atoms. The second-order valence-corrected chi connectivity index (χ2v) is 4.61. The van der Waals surface area contributed by atoms with Gasteiger partial charge in [0.1, 0.15) is 0 Å². The molecule has 1 aromatic heterocycles. The van der Waals surface area contributed by atoms with Crippen LogP contribution in [-0.2, 0) is 0 Å². The zero-order valence-corrected chi connectivity index (χ0v) is 10.8. The fraction of sp³-hybridized carbons (Fsp3) is 0.583. The van der Waals surface area contributed by atoms with E-state index in [1.807, 2.05) is 0 Å². The average molecular weight is 258 g/mol. The van der Waals surface area contributed by atoms with E-state index >= 15 is 0 Å². The number of nitrogens with one attached hydrogen (secondary N) is 2. The van der Waals surface area contributed by atoms with Crippen molar-refractivity contribution in [2.24, 2.45) is 11.8 Å².